The average Bonchev–Trinajstić information content (AvgIpc) is 3.36. The SMILES string of the molecule is CCOC(=O)N1CCN(C(=O)CCN(Cc2ccccc2)c2nc(Cc3ccccc3)ns2)CC1. The second-order valence-electron chi connectivity index (χ2n) is 8.38. The van der Waals surface area contributed by atoms with Crippen LogP contribution in [0.4, 0.5) is 9.93 Å². The summed E-state index contributed by atoms with van der Waals surface area (Å²) in [6.07, 6.45) is 0.747. The number of benzene rings is 2. The molecule has 3 aromatic rings. The van der Waals surface area contributed by atoms with Gasteiger partial charge in [-0.1, -0.05) is 60.7 Å². The Bertz CT molecular complexity index is 1080. The Labute approximate surface area is 210 Å². The van der Waals surface area contributed by atoms with Crippen LogP contribution in [0.2, 0.25) is 0 Å². The molecular formula is C26H31N5O3S. The highest BCUT2D eigenvalue weighted by molar-refractivity contribution is 7.09. The highest BCUT2D eigenvalue weighted by atomic mass is 32.1. The zero-order valence-electron chi connectivity index (χ0n) is 20.0. The molecule has 0 unspecified atom stereocenters. The van der Waals surface area contributed by atoms with Crippen molar-refractivity contribution >= 4 is 28.7 Å². The van der Waals surface area contributed by atoms with E-state index in [1.165, 1.54) is 17.1 Å². The van der Waals surface area contributed by atoms with E-state index in [0.29, 0.717) is 58.7 Å². The molecule has 9 heteroatoms. The fourth-order valence-electron chi connectivity index (χ4n) is 4.01. The molecule has 35 heavy (non-hydrogen) atoms. The van der Waals surface area contributed by atoms with E-state index >= 15 is 0 Å². The van der Waals surface area contributed by atoms with Crippen LogP contribution in [0.15, 0.2) is 60.7 Å². The van der Waals surface area contributed by atoms with Gasteiger partial charge >= 0.3 is 6.09 Å². The Morgan fingerprint density at radius 2 is 1.57 bits per heavy atom. The van der Waals surface area contributed by atoms with Crippen LogP contribution < -0.4 is 4.90 Å². The van der Waals surface area contributed by atoms with Gasteiger partial charge in [-0.25, -0.2) is 9.78 Å². The van der Waals surface area contributed by atoms with Gasteiger partial charge in [0.15, 0.2) is 0 Å². The summed E-state index contributed by atoms with van der Waals surface area (Å²) >= 11 is 1.37. The van der Waals surface area contributed by atoms with E-state index < -0.39 is 0 Å². The summed E-state index contributed by atoms with van der Waals surface area (Å²) < 4.78 is 9.64. The van der Waals surface area contributed by atoms with Gasteiger partial charge in [0, 0.05) is 63.6 Å². The predicted molar refractivity (Wildman–Crippen MR) is 136 cm³/mol. The van der Waals surface area contributed by atoms with Crippen molar-refractivity contribution in [3.8, 4) is 0 Å². The molecule has 2 aromatic carbocycles. The lowest BCUT2D eigenvalue weighted by atomic mass is 10.1. The van der Waals surface area contributed by atoms with E-state index in [9.17, 15) is 9.59 Å². The third-order valence-electron chi connectivity index (χ3n) is 5.90. The minimum Gasteiger partial charge on any atom is -0.450 e. The summed E-state index contributed by atoms with van der Waals surface area (Å²) in [6, 6.07) is 20.4. The third-order valence-corrected chi connectivity index (χ3v) is 6.72. The molecule has 0 atom stereocenters. The zero-order valence-corrected chi connectivity index (χ0v) is 20.8. The lowest BCUT2D eigenvalue weighted by Gasteiger charge is -2.34. The van der Waals surface area contributed by atoms with E-state index in [-0.39, 0.29) is 12.0 Å². The van der Waals surface area contributed by atoms with Crippen LogP contribution in [0.25, 0.3) is 0 Å². The molecule has 1 aromatic heterocycles. The summed E-state index contributed by atoms with van der Waals surface area (Å²) in [7, 11) is 0. The van der Waals surface area contributed by atoms with Crippen molar-refractivity contribution in [2.45, 2.75) is 26.3 Å². The van der Waals surface area contributed by atoms with Crippen LogP contribution >= 0.6 is 11.5 Å². The molecule has 8 nitrogen and oxygen atoms in total. The van der Waals surface area contributed by atoms with Gasteiger partial charge < -0.3 is 19.4 Å². The minimum absolute atomic E-state index is 0.0839. The Morgan fingerprint density at radius 1 is 0.943 bits per heavy atom. The number of hydrogen-bond donors (Lipinski definition) is 0. The number of aromatic nitrogens is 2. The Hall–Kier alpha value is -3.46. The Morgan fingerprint density at radius 3 is 2.23 bits per heavy atom. The number of amides is 2. The van der Waals surface area contributed by atoms with Crippen molar-refractivity contribution in [2.75, 3.05) is 44.2 Å². The number of nitrogens with zero attached hydrogens (tertiary/aromatic N) is 5. The molecular weight excluding hydrogens is 462 g/mol. The highest BCUT2D eigenvalue weighted by Gasteiger charge is 2.25. The van der Waals surface area contributed by atoms with Gasteiger partial charge in [0.05, 0.1) is 6.61 Å². The van der Waals surface area contributed by atoms with Crippen LogP contribution in [0.3, 0.4) is 0 Å². The highest BCUT2D eigenvalue weighted by Crippen LogP contribution is 2.22. The van der Waals surface area contributed by atoms with E-state index in [1.807, 2.05) is 41.3 Å². The largest absolute Gasteiger partial charge is 0.450 e. The van der Waals surface area contributed by atoms with Crippen molar-refractivity contribution in [2.24, 2.45) is 0 Å². The fourth-order valence-corrected chi connectivity index (χ4v) is 4.72. The van der Waals surface area contributed by atoms with Crippen LogP contribution in [0, 0.1) is 0 Å². The number of ether oxygens (including phenoxy) is 1. The third kappa shape index (κ3) is 7.02. The van der Waals surface area contributed by atoms with Crippen LogP contribution in [0.1, 0.15) is 30.3 Å². The molecule has 0 aliphatic carbocycles. The quantitative estimate of drug-likeness (QED) is 0.451. The van der Waals surface area contributed by atoms with Crippen LogP contribution in [-0.2, 0) is 22.5 Å². The van der Waals surface area contributed by atoms with Crippen molar-refractivity contribution < 1.29 is 14.3 Å². The molecule has 0 N–H and O–H groups in total. The first-order valence-electron chi connectivity index (χ1n) is 12.0. The van der Waals surface area contributed by atoms with Crippen molar-refractivity contribution in [3.05, 3.63) is 77.6 Å². The Kier molecular flexibility index (Phi) is 8.67. The topological polar surface area (TPSA) is 78.9 Å². The molecule has 4 rings (SSSR count). The molecule has 0 radical (unpaired) electrons. The van der Waals surface area contributed by atoms with Crippen molar-refractivity contribution in [3.63, 3.8) is 0 Å². The van der Waals surface area contributed by atoms with E-state index in [2.05, 4.69) is 33.5 Å². The zero-order chi connectivity index (χ0) is 24.5. The predicted octanol–water partition coefficient (Wildman–Crippen LogP) is 3.83. The summed E-state index contributed by atoms with van der Waals surface area (Å²) in [5.74, 6) is 0.872. The van der Waals surface area contributed by atoms with Gasteiger partial charge in [0.1, 0.15) is 5.82 Å². The van der Waals surface area contributed by atoms with Crippen LogP contribution in [-0.4, -0.2) is 70.5 Å². The number of carbonyl (C=O) groups excluding carboxylic acids is 2. The van der Waals surface area contributed by atoms with Gasteiger partial charge in [-0.2, -0.15) is 4.37 Å². The maximum Gasteiger partial charge on any atom is 0.409 e. The molecule has 1 fully saturated rings. The van der Waals surface area contributed by atoms with Gasteiger partial charge in [-0.15, -0.1) is 0 Å². The number of hydrogen-bond acceptors (Lipinski definition) is 7. The molecule has 184 valence electrons. The molecule has 0 bridgehead atoms. The van der Waals surface area contributed by atoms with E-state index in [1.54, 1.807) is 11.8 Å². The van der Waals surface area contributed by atoms with Crippen LogP contribution in [0.5, 0.6) is 0 Å². The van der Waals surface area contributed by atoms with Crippen molar-refractivity contribution in [1.29, 1.82) is 0 Å². The lowest BCUT2D eigenvalue weighted by molar-refractivity contribution is -0.132. The minimum atomic E-state index is -0.309. The standard InChI is InChI=1S/C26H31N5O3S/c1-2-34-26(33)30-17-15-29(16-18-30)24(32)13-14-31(20-22-11-7-4-8-12-22)25-27-23(28-35-25)19-21-9-5-3-6-10-21/h3-12H,2,13-20H2,1H3. The van der Waals surface area contributed by atoms with Gasteiger partial charge in [0.25, 0.3) is 0 Å². The summed E-state index contributed by atoms with van der Waals surface area (Å²) in [5.41, 5.74) is 2.33. The molecule has 2 amide bonds. The number of carbonyl (C=O) groups is 2. The van der Waals surface area contributed by atoms with Gasteiger partial charge in [-0.05, 0) is 18.1 Å². The lowest BCUT2D eigenvalue weighted by Crippen LogP contribution is -2.51. The second-order valence-corrected chi connectivity index (χ2v) is 9.11. The summed E-state index contributed by atoms with van der Waals surface area (Å²) in [4.78, 5) is 35.3. The number of rotatable bonds is 9. The monoisotopic (exact) mass is 493 g/mol. The Balaban J connectivity index is 1.38. The molecule has 0 spiro atoms. The summed E-state index contributed by atoms with van der Waals surface area (Å²) in [6.45, 7) is 5.40. The van der Waals surface area contributed by atoms with E-state index in [0.717, 1.165) is 16.5 Å². The van der Waals surface area contributed by atoms with Gasteiger partial charge in [-0.3, -0.25) is 4.79 Å². The first kappa shape index (κ1) is 24.7. The molecule has 1 aliphatic heterocycles. The number of anilines is 1. The molecule has 1 aliphatic rings. The smallest absolute Gasteiger partial charge is 0.409 e. The maximum atomic E-state index is 13.0. The normalized spacial score (nSPS) is 13.5. The fraction of sp³-hybridized carbons (Fsp3) is 0.385. The average molecular weight is 494 g/mol. The molecule has 2 heterocycles. The summed E-state index contributed by atoms with van der Waals surface area (Å²) in [5, 5.41) is 0.819. The second kappa shape index (κ2) is 12.3. The maximum absolute atomic E-state index is 13.0. The first-order chi connectivity index (χ1) is 17.1. The van der Waals surface area contributed by atoms with Crippen molar-refractivity contribution in [1.82, 2.24) is 19.2 Å². The molecule has 1 saturated heterocycles. The van der Waals surface area contributed by atoms with Gasteiger partial charge in [0.2, 0.25) is 11.0 Å². The number of piperazine rings is 1. The van der Waals surface area contributed by atoms with E-state index in [4.69, 9.17) is 9.72 Å². The first-order valence-corrected chi connectivity index (χ1v) is 12.7. The molecule has 0 saturated carbocycles.